The number of carbonyl (C=O) groups excluding carboxylic acids is 1. The van der Waals surface area contributed by atoms with Crippen LogP contribution in [0.2, 0.25) is 0 Å². The van der Waals surface area contributed by atoms with Crippen LogP contribution in [0.4, 0.5) is 10.5 Å². The Morgan fingerprint density at radius 2 is 1.67 bits per heavy atom. The van der Waals surface area contributed by atoms with Gasteiger partial charge in [0.2, 0.25) is 6.79 Å². The van der Waals surface area contributed by atoms with E-state index in [1.165, 1.54) is 0 Å². The number of benzene rings is 3. The minimum absolute atomic E-state index is 0.0402. The number of aromatic nitrogens is 1. The summed E-state index contributed by atoms with van der Waals surface area (Å²) in [5, 5.41) is 16.5. The van der Waals surface area contributed by atoms with Gasteiger partial charge in [-0.2, -0.15) is 0 Å². The first-order valence-electron chi connectivity index (χ1n) is 12.6. The van der Waals surface area contributed by atoms with Gasteiger partial charge in [-0.05, 0) is 37.8 Å². The van der Waals surface area contributed by atoms with E-state index in [0.29, 0.717) is 52.6 Å². The molecule has 2 aliphatic rings. The van der Waals surface area contributed by atoms with E-state index in [4.69, 9.17) is 18.7 Å². The van der Waals surface area contributed by atoms with E-state index < -0.39 is 23.6 Å². The second-order valence-corrected chi connectivity index (χ2v) is 9.75. The molecule has 0 saturated heterocycles. The molecule has 198 valence electrons. The van der Waals surface area contributed by atoms with E-state index in [-0.39, 0.29) is 6.79 Å². The molecule has 0 spiro atoms. The lowest BCUT2D eigenvalue weighted by Gasteiger charge is -2.15. The third kappa shape index (κ3) is 4.35. The number of nitrogens with one attached hydrogen (secondary N) is 1. The van der Waals surface area contributed by atoms with Crippen LogP contribution in [-0.4, -0.2) is 29.1 Å². The van der Waals surface area contributed by atoms with Crippen molar-refractivity contribution in [3.05, 3.63) is 83.6 Å². The van der Waals surface area contributed by atoms with Gasteiger partial charge in [0.15, 0.2) is 17.3 Å². The summed E-state index contributed by atoms with van der Waals surface area (Å²) >= 11 is 0. The van der Waals surface area contributed by atoms with Gasteiger partial charge in [-0.25, -0.2) is 4.79 Å². The van der Waals surface area contributed by atoms with Crippen LogP contribution >= 0.6 is 0 Å². The molecular weight excluding hydrogens is 500 g/mol. The van der Waals surface area contributed by atoms with Crippen molar-refractivity contribution in [1.82, 2.24) is 5.16 Å². The SMILES string of the molecule is Cc1noc(-c2ccc(-c3ccc(C4(C(=O)O)CC4)c4c3OCO4)cc2)c1NC(=O)OC(C)c1ccccc1. The molecule has 9 heteroatoms. The molecule has 2 heterocycles. The first-order chi connectivity index (χ1) is 18.9. The van der Waals surface area contributed by atoms with E-state index in [2.05, 4.69) is 10.5 Å². The zero-order chi connectivity index (χ0) is 27.1. The van der Waals surface area contributed by atoms with Gasteiger partial charge in [0, 0.05) is 16.7 Å². The maximum atomic E-state index is 12.7. The van der Waals surface area contributed by atoms with Crippen LogP contribution in [0.3, 0.4) is 0 Å². The number of rotatable bonds is 7. The predicted molar refractivity (Wildman–Crippen MR) is 142 cm³/mol. The van der Waals surface area contributed by atoms with Crippen molar-refractivity contribution in [2.24, 2.45) is 0 Å². The number of aliphatic carboxylic acids is 1. The number of fused-ring (bicyclic) bond motifs is 1. The number of carboxylic acids is 1. The monoisotopic (exact) mass is 526 g/mol. The van der Waals surface area contributed by atoms with Crippen molar-refractivity contribution < 1.29 is 33.4 Å². The molecule has 1 fully saturated rings. The number of ether oxygens (including phenoxy) is 3. The van der Waals surface area contributed by atoms with E-state index in [1.807, 2.05) is 66.7 Å². The first-order valence-corrected chi connectivity index (χ1v) is 12.6. The van der Waals surface area contributed by atoms with Crippen molar-refractivity contribution in [1.29, 1.82) is 0 Å². The van der Waals surface area contributed by atoms with Crippen molar-refractivity contribution in [3.8, 4) is 33.9 Å². The van der Waals surface area contributed by atoms with Gasteiger partial charge in [0.1, 0.15) is 17.5 Å². The molecule has 2 N–H and O–H groups in total. The second kappa shape index (κ2) is 9.50. The molecule has 3 aromatic carbocycles. The quantitative estimate of drug-likeness (QED) is 0.281. The van der Waals surface area contributed by atoms with Gasteiger partial charge in [-0.1, -0.05) is 71.9 Å². The Kier molecular flexibility index (Phi) is 5.98. The fourth-order valence-electron chi connectivity index (χ4n) is 4.92. The topological polar surface area (TPSA) is 120 Å². The van der Waals surface area contributed by atoms with E-state index in [9.17, 15) is 14.7 Å². The van der Waals surface area contributed by atoms with Crippen LogP contribution in [0.1, 0.15) is 42.7 Å². The van der Waals surface area contributed by atoms with Crippen LogP contribution in [-0.2, 0) is 14.9 Å². The first kappa shape index (κ1) is 24.5. The molecule has 9 nitrogen and oxygen atoms in total. The largest absolute Gasteiger partial charge is 0.481 e. The molecule has 1 atom stereocenters. The minimum atomic E-state index is -0.895. The fraction of sp³-hybridized carbons (Fsp3) is 0.233. The number of aryl methyl sites for hydroxylation is 1. The second-order valence-electron chi connectivity index (χ2n) is 9.75. The Morgan fingerprint density at radius 1 is 0.974 bits per heavy atom. The highest BCUT2D eigenvalue weighted by atomic mass is 16.7. The highest BCUT2D eigenvalue weighted by Gasteiger charge is 2.54. The number of carboxylic acid groups (broad SMARTS) is 1. The maximum Gasteiger partial charge on any atom is 0.412 e. The number of hydrogen-bond acceptors (Lipinski definition) is 7. The smallest absolute Gasteiger partial charge is 0.412 e. The summed E-state index contributed by atoms with van der Waals surface area (Å²) in [6, 6.07) is 20.7. The van der Waals surface area contributed by atoms with Crippen molar-refractivity contribution in [2.75, 3.05) is 12.1 Å². The van der Waals surface area contributed by atoms with Crippen molar-refractivity contribution in [3.63, 3.8) is 0 Å². The molecule has 1 saturated carbocycles. The van der Waals surface area contributed by atoms with Crippen LogP contribution in [0.25, 0.3) is 22.5 Å². The van der Waals surface area contributed by atoms with Gasteiger partial charge < -0.3 is 23.8 Å². The Bertz CT molecular complexity index is 1560. The Morgan fingerprint density at radius 3 is 2.36 bits per heavy atom. The standard InChI is InChI=1S/C30H26N2O7/c1-17-24(31-29(35)38-18(2)19-6-4-3-5-7-19)25(39-32-17)21-10-8-20(9-11-21)22-12-13-23(27-26(22)36-16-37-27)30(14-15-30)28(33)34/h3-13,18H,14-16H2,1-2H3,(H,31,35)(H,33,34). The summed E-state index contributed by atoms with van der Waals surface area (Å²) in [6.45, 7) is 3.58. The van der Waals surface area contributed by atoms with E-state index in [0.717, 1.165) is 16.7 Å². The molecule has 6 rings (SSSR count). The summed E-state index contributed by atoms with van der Waals surface area (Å²) in [5.74, 6) is 0.598. The molecule has 39 heavy (non-hydrogen) atoms. The summed E-state index contributed by atoms with van der Waals surface area (Å²) in [7, 11) is 0. The van der Waals surface area contributed by atoms with Crippen LogP contribution in [0.5, 0.6) is 11.5 Å². The summed E-state index contributed by atoms with van der Waals surface area (Å²) in [6.07, 6.45) is 0.118. The molecule has 1 aliphatic heterocycles. The normalized spacial score (nSPS) is 15.4. The van der Waals surface area contributed by atoms with Crippen molar-refractivity contribution >= 4 is 17.7 Å². The molecule has 1 aliphatic carbocycles. The molecule has 0 radical (unpaired) electrons. The van der Waals surface area contributed by atoms with Crippen LogP contribution < -0.4 is 14.8 Å². The zero-order valence-corrected chi connectivity index (χ0v) is 21.4. The molecule has 1 amide bonds. The van der Waals surface area contributed by atoms with Gasteiger partial charge >= 0.3 is 12.1 Å². The molecule has 4 aromatic rings. The Labute approximate surface area is 224 Å². The summed E-state index contributed by atoms with van der Waals surface area (Å²) < 4.78 is 22.6. The van der Waals surface area contributed by atoms with Crippen molar-refractivity contribution in [2.45, 2.75) is 38.2 Å². The molecular formula is C30H26N2O7. The van der Waals surface area contributed by atoms with Gasteiger partial charge in [-0.3, -0.25) is 10.1 Å². The minimum Gasteiger partial charge on any atom is -0.481 e. The lowest BCUT2D eigenvalue weighted by Crippen LogP contribution is -2.20. The number of amides is 1. The Balaban J connectivity index is 1.23. The highest BCUT2D eigenvalue weighted by Crippen LogP contribution is 2.56. The van der Waals surface area contributed by atoms with Crippen LogP contribution in [0, 0.1) is 6.92 Å². The molecule has 1 unspecified atom stereocenters. The lowest BCUT2D eigenvalue weighted by atomic mass is 9.91. The molecule has 0 bridgehead atoms. The number of anilines is 1. The van der Waals surface area contributed by atoms with Crippen LogP contribution in [0.15, 0.2) is 71.3 Å². The third-order valence-corrected chi connectivity index (χ3v) is 7.29. The number of carbonyl (C=O) groups is 2. The van der Waals surface area contributed by atoms with E-state index in [1.54, 1.807) is 13.8 Å². The summed E-state index contributed by atoms with van der Waals surface area (Å²) in [5.41, 5.74) is 3.95. The average Bonchev–Trinajstić information content (AvgIpc) is 3.48. The zero-order valence-electron chi connectivity index (χ0n) is 21.4. The lowest BCUT2D eigenvalue weighted by molar-refractivity contribution is -0.140. The average molecular weight is 527 g/mol. The van der Waals surface area contributed by atoms with Gasteiger partial charge in [0.05, 0.1) is 5.41 Å². The predicted octanol–water partition coefficient (Wildman–Crippen LogP) is 6.47. The number of hydrogen-bond donors (Lipinski definition) is 2. The molecule has 1 aromatic heterocycles. The number of nitrogens with zero attached hydrogens (tertiary/aromatic N) is 1. The summed E-state index contributed by atoms with van der Waals surface area (Å²) in [4.78, 5) is 24.5. The highest BCUT2D eigenvalue weighted by molar-refractivity contribution is 5.91. The maximum absolute atomic E-state index is 12.7. The van der Waals surface area contributed by atoms with Gasteiger partial charge in [0.25, 0.3) is 0 Å². The van der Waals surface area contributed by atoms with E-state index >= 15 is 0 Å². The van der Waals surface area contributed by atoms with Gasteiger partial charge in [-0.15, -0.1) is 0 Å². The fourth-order valence-corrected chi connectivity index (χ4v) is 4.92. The third-order valence-electron chi connectivity index (χ3n) is 7.29. The Hall–Kier alpha value is -4.79.